The van der Waals surface area contributed by atoms with Crippen LogP contribution in [0.2, 0.25) is 0 Å². The molecule has 0 fully saturated rings. The maximum atomic E-state index is 8.34. The van der Waals surface area contributed by atoms with Gasteiger partial charge in [0.2, 0.25) is 0 Å². The fraction of sp³-hybridized carbons (Fsp3) is 0.200. The molecule has 14 heavy (non-hydrogen) atoms. The predicted octanol–water partition coefficient (Wildman–Crippen LogP) is 2.50. The minimum atomic E-state index is 0.879. The van der Waals surface area contributed by atoms with E-state index in [2.05, 4.69) is 23.0 Å². The van der Waals surface area contributed by atoms with Crippen LogP contribution in [-0.2, 0) is 4.81 Å². The topological polar surface area (TPSA) is 29.5 Å². The second kappa shape index (κ2) is 4.69. The Labute approximate surface area is 88.2 Å². The molecule has 0 bridgehead atoms. The van der Waals surface area contributed by atoms with Crippen LogP contribution >= 0.6 is 11.8 Å². The van der Waals surface area contributed by atoms with Crippen LogP contribution in [0.3, 0.4) is 0 Å². The molecule has 2 aliphatic rings. The Bertz CT molecular complexity index is 342. The van der Waals surface area contributed by atoms with Crippen LogP contribution in [0.1, 0.15) is 6.42 Å². The summed E-state index contributed by atoms with van der Waals surface area (Å²) >= 11 is 1.86. The van der Waals surface area contributed by atoms with Gasteiger partial charge in [0, 0.05) is 5.75 Å². The molecule has 0 amide bonds. The van der Waals surface area contributed by atoms with Crippen molar-refractivity contribution < 1.29 is 10.1 Å². The Kier molecular flexibility index (Phi) is 3.29. The molecule has 0 aromatic heterocycles. The van der Waals surface area contributed by atoms with Crippen molar-refractivity contribution >= 4 is 19.2 Å². The van der Waals surface area contributed by atoms with Gasteiger partial charge in [-0.1, -0.05) is 30.4 Å². The molecular weight excluding hydrogens is 195 g/mol. The third kappa shape index (κ3) is 2.21. The van der Waals surface area contributed by atoms with Crippen molar-refractivity contribution in [3.8, 4) is 0 Å². The molecule has 0 saturated carbocycles. The highest BCUT2D eigenvalue weighted by molar-refractivity contribution is 8.03. The van der Waals surface area contributed by atoms with Gasteiger partial charge in [-0.2, -0.15) is 0 Å². The van der Waals surface area contributed by atoms with Gasteiger partial charge < -0.3 is 4.81 Å². The van der Waals surface area contributed by atoms with Gasteiger partial charge in [0.25, 0.3) is 0 Å². The van der Waals surface area contributed by atoms with Crippen LogP contribution in [0.25, 0.3) is 0 Å². The molecule has 2 nitrogen and oxygen atoms in total. The van der Waals surface area contributed by atoms with Crippen LogP contribution in [0, 0.1) is 0 Å². The fourth-order valence-electron chi connectivity index (χ4n) is 1.47. The molecule has 1 aliphatic carbocycles. The van der Waals surface area contributed by atoms with Gasteiger partial charge in [0.05, 0.1) is 0 Å². The highest BCUT2D eigenvalue weighted by atomic mass is 32.2. The third-order valence-corrected chi connectivity index (χ3v) is 3.21. The third-order valence-electron chi connectivity index (χ3n) is 2.10. The quantitative estimate of drug-likeness (QED) is 0.426. The largest absolute Gasteiger partial charge is 0.381 e. The van der Waals surface area contributed by atoms with E-state index in [1.807, 2.05) is 23.9 Å². The van der Waals surface area contributed by atoms with Crippen LogP contribution in [0.15, 0.2) is 46.3 Å². The Morgan fingerprint density at radius 1 is 1.36 bits per heavy atom. The highest BCUT2D eigenvalue weighted by Gasteiger charge is 2.10. The summed E-state index contributed by atoms with van der Waals surface area (Å²) in [7, 11) is 1.33. The minimum absolute atomic E-state index is 0.879. The van der Waals surface area contributed by atoms with Gasteiger partial charge in [-0.3, -0.25) is 5.26 Å². The smallest absolute Gasteiger partial charge is 0.307 e. The lowest BCUT2D eigenvalue weighted by molar-refractivity contribution is -0.136. The molecular formula is C10H10BO2S. The molecule has 0 atom stereocenters. The van der Waals surface area contributed by atoms with Crippen molar-refractivity contribution in [1.82, 2.24) is 0 Å². The Balaban J connectivity index is 2.25. The second-order valence-corrected chi connectivity index (χ2v) is 4.18. The zero-order chi connectivity index (χ0) is 9.80. The lowest BCUT2D eigenvalue weighted by Crippen LogP contribution is -1.97. The first-order valence-electron chi connectivity index (χ1n) is 4.44. The van der Waals surface area contributed by atoms with Crippen molar-refractivity contribution in [1.29, 1.82) is 0 Å². The number of hydrogen-bond acceptors (Lipinski definition) is 3. The van der Waals surface area contributed by atoms with Crippen molar-refractivity contribution in [2.45, 2.75) is 6.42 Å². The monoisotopic (exact) mass is 205 g/mol. The minimum Gasteiger partial charge on any atom is -0.307 e. The second-order valence-electron chi connectivity index (χ2n) is 3.07. The Morgan fingerprint density at radius 2 is 2.29 bits per heavy atom. The summed E-state index contributed by atoms with van der Waals surface area (Å²) in [5, 5.41) is 8.34. The first-order valence-corrected chi connectivity index (χ1v) is 5.43. The number of hydrogen-bond donors (Lipinski definition) is 1. The number of thioether (sulfide) groups is 1. The highest BCUT2D eigenvalue weighted by Crippen LogP contribution is 2.31. The van der Waals surface area contributed by atoms with Crippen molar-refractivity contribution in [3.63, 3.8) is 0 Å². The van der Waals surface area contributed by atoms with E-state index in [1.165, 1.54) is 18.0 Å². The lowest BCUT2D eigenvalue weighted by atomic mass is 9.86. The molecule has 2 rings (SSSR count). The van der Waals surface area contributed by atoms with Crippen LogP contribution in [-0.4, -0.2) is 18.5 Å². The van der Waals surface area contributed by atoms with Crippen molar-refractivity contribution in [2.24, 2.45) is 0 Å². The molecule has 0 spiro atoms. The zero-order valence-corrected chi connectivity index (χ0v) is 8.46. The summed E-state index contributed by atoms with van der Waals surface area (Å²) in [6, 6.07) is 0. The molecule has 4 heteroatoms. The lowest BCUT2D eigenvalue weighted by Gasteiger charge is -2.10. The van der Waals surface area contributed by atoms with E-state index in [4.69, 9.17) is 5.26 Å². The molecule has 0 saturated heterocycles. The average molecular weight is 205 g/mol. The van der Waals surface area contributed by atoms with Crippen molar-refractivity contribution in [2.75, 3.05) is 5.75 Å². The molecule has 71 valence electrons. The van der Waals surface area contributed by atoms with Gasteiger partial charge in [-0.25, -0.2) is 0 Å². The number of allylic oxidation sites excluding steroid dienone is 7. The molecule has 1 radical (unpaired) electrons. The Morgan fingerprint density at radius 3 is 3.14 bits per heavy atom. The van der Waals surface area contributed by atoms with Crippen LogP contribution in [0.5, 0.6) is 0 Å². The standard InChI is InChI=1S/C10H10BO2S/c12-13-11-9-4-1-5-10-8(7-9)3-2-6-14-10/h1-4,7,12H,5-6H2. The summed E-state index contributed by atoms with van der Waals surface area (Å²) in [4.78, 5) is 5.40. The SMILES string of the molecule is OO[B]C1=CC2=C(CC=C1)SCC=C2. The zero-order valence-electron chi connectivity index (χ0n) is 7.64. The van der Waals surface area contributed by atoms with Crippen LogP contribution in [0.4, 0.5) is 0 Å². The van der Waals surface area contributed by atoms with E-state index in [0.717, 1.165) is 17.6 Å². The van der Waals surface area contributed by atoms with Crippen molar-refractivity contribution in [3.05, 3.63) is 46.3 Å². The van der Waals surface area contributed by atoms with E-state index < -0.39 is 0 Å². The molecule has 0 aromatic rings. The van der Waals surface area contributed by atoms with Crippen LogP contribution < -0.4 is 0 Å². The normalized spacial score (nSPS) is 20.2. The number of rotatable bonds is 2. The predicted molar refractivity (Wildman–Crippen MR) is 59.9 cm³/mol. The van der Waals surface area contributed by atoms with E-state index in [1.54, 1.807) is 0 Å². The summed E-state index contributed by atoms with van der Waals surface area (Å²) in [5.74, 6) is 1.05. The molecule has 1 aliphatic heterocycles. The molecule has 1 heterocycles. The fourth-order valence-corrected chi connectivity index (χ4v) is 2.37. The van der Waals surface area contributed by atoms with E-state index >= 15 is 0 Å². The summed E-state index contributed by atoms with van der Waals surface area (Å²) < 4.78 is 0. The Hall–Kier alpha value is -0.705. The summed E-state index contributed by atoms with van der Waals surface area (Å²) in [6.07, 6.45) is 11.3. The molecule has 0 aromatic carbocycles. The first kappa shape index (κ1) is 9.83. The summed E-state index contributed by atoms with van der Waals surface area (Å²) in [5.41, 5.74) is 2.10. The van der Waals surface area contributed by atoms with E-state index in [-0.39, 0.29) is 0 Å². The van der Waals surface area contributed by atoms with Gasteiger partial charge in [-0.05, 0) is 22.4 Å². The van der Waals surface area contributed by atoms with Gasteiger partial charge >= 0.3 is 7.48 Å². The maximum absolute atomic E-state index is 8.34. The van der Waals surface area contributed by atoms with E-state index in [9.17, 15) is 0 Å². The maximum Gasteiger partial charge on any atom is 0.381 e. The van der Waals surface area contributed by atoms with Gasteiger partial charge in [-0.15, -0.1) is 11.8 Å². The van der Waals surface area contributed by atoms with Gasteiger partial charge in [0.1, 0.15) is 0 Å². The van der Waals surface area contributed by atoms with E-state index in [0.29, 0.717) is 0 Å². The van der Waals surface area contributed by atoms with Gasteiger partial charge in [0.15, 0.2) is 0 Å². The summed E-state index contributed by atoms with van der Waals surface area (Å²) in [6.45, 7) is 0. The molecule has 1 N–H and O–H groups in total. The average Bonchev–Trinajstić information content (AvgIpc) is 2.40. The molecule has 0 unspecified atom stereocenters. The first-order chi connectivity index (χ1) is 6.90.